The van der Waals surface area contributed by atoms with Crippen LogP contribution in [0.5, 0.6) is 23.0 Å². The Bertz CT molecular complexity index is 941. The lowest BCUT2D eigenvalue weighted by Gasteiger charge is -2.09. The van der Waals surface area contributed by atoms with E-state index >= 15 is 0 Å². The quantitative estimate of drug-likeness (QED) is 0.542. The highest BCUT2D eigenvalue weighted by Gasteiger charge is 2.13. The molecule has 0 amide bonds. The molecular formula is C25H26O4. The molecule has 150 valence electrons. The zero-order valence-corrected chi connectivity index (χ0v) is 16.9. The maximum Gasteiger partial charge on any atom is 0.231 e. The van der Waals surface area contributed by atoms with Crippen LogP contribution < -0.4 is 18.9 Å². The molecule has 29 heavy (non-hydrogen) atoms. The van der Waals surface area contributed by atoms with E-state index in [0.29, 0.717) is 6.79 Å². The second-order valence-corrected chi connectivity index (χ2v) is 7.23. The first-order chi connectivity index (χ1) is 14.2. The number of aryl methyl sites for hydroxylation is 4. The van der Waals surface area contributed by atoms with E-state index in [1.807, 2.05) is 12.1 Å². The van der Waals surface area contributed by atoms with Crippen molar-refractivity contribution in [2.45, 2.75) is 25.7 Å². The normalized spacial score (nSPS) is 12.1. The summed E-state index contributed by atoms with van der Waals surface area (Å²) in [6.07, 6.45) is 3.93. The first kappa shape index (κ1) is 19.2. The Morgan fingerprint density at radius 2 is 1.10 bits per heavy atom. The predicted octanol–water partition coefficient (Wildman–Crippen LogP) is 5.00. The summed E-state index contributed by atoms with van der Waals surface area (Å²) >= 11 is 0. The number of hydrogen-bond donors (Lipinski definition) is 0. The molecule has 0 atom stereocenters. The lowest BCUT2D eigenvalue weighted by molar-refractivity contribution is 0.174. The Hall–Kier alpha value is -3.14. The number of methoxy groups -OCH3 is 2. The van der Waals surface area contributed by atoms with Gasteiger partial charge in [-0.15, -0.1) is 0 Å². The van der Waals surface area contributed by atoms with Gasteiger partial charge in [0.25, 0.3) is 0 Å². The molecule has 0 aliphatic carbocycles. The van der Waals surface area contributed by atoms with Crippen molar-refractivity contribution >= 4 is 0 Å². The van der Waals surface area contributed by atoms with Crippen molar-refractivity contribution in [2.75, 3.05) is 21.0 Å². The topological polar surface area (TPSA) is 36.9 Å². The first-order valence-electron chi connectivity index (χ1n) is 9.92. The molecule has 0 N–H and O–H groups in total. The minimum atomic E-state index is 0.322. The molecule has 3 aromatic carbocycles. The van der Waals surface area contributed by atoms with Crippen molar-refractivity contribution in [1.29, 1.82) is 0 Å². The van der Waals surface area contributed by atoms with Gasteiger partial charge in [0.05, 0.1) is 14.2 Å². The molecular weight excluding hydrogens is 364 g/mol. The summed E-state index contributed by atoms with van der Waals surface area (Å²) in [4.78, 5) is 0. The summed E-state index contributed by atoms with van der Waals surface area (Å²) < 4.78 is 21.6. The van der Waals surface area contributed by atoms with Crippen LogP contribution in [0.25, 0.3) is 0 Å². The van der Waals surface area contributed by atoms with Gasteiger partial charge >= 0.3 is 0 Å². The zero-order valence-electron chi connectivity index (χ0n) is 16.9. The van der Waals surface area contributed by atoms with E-state index in [-0.39, 0.29) is 0 Å². The highest BCUT2D eigenvalue weighted by molar-refractivity contribution is 5.44. The van der Waals surface area contributed by atoms with E-state index in [0.717, 1.165) is 48.7 Å². The molecule has 1 aliphatic heterocycles. The van der Waals surface area contributed by atoms with E-state index < -0.39 is 0 Å². The standard InChI is InChI=1S/C25H26O4/c1-26-22-13-21(14-23(16-22)27-2)10-8-19-5-3-18(4-6-19)7-9-20-11-12-24-25(15-20)29-17-28-24/h3-6,11-16H,7-10,17H2,1-2H3. The molecule has 0 bridgehead atoms. The molecule has 0 saturated heterocycles. The third kappa shape index (κ3) is 4.83. The predicted molar refractivity (Wildman–Crippen MR) is 113 cm³/mol. The van der Waals surface area contributed by atoms with E-state index in [2.05, 4.69) is 48.5 Å². The molecule has 0 radical (unpaired) electrons. The fourth-order valence-electron chi connectivity index (χ4n) is 3.56. The largest absolute Gasteiger partial charge is 0.497 e. The van der Waals surface area contributed by atoms with Gasteiger partial charge in [-0.05, 0) is 72.2 Å². The highest BCUT2D eigenvalue weighted by Crippen LogP contribution is 2.32. The van der Waals surface area contributed by atoms with Gasteiger partial charge in [-0.1, -0.05) is 30.3 Å². The molecule has 1 aliphatic rings. The van der Waals surface area contributed by atoms with E-state index in [4.69, 9.17) is 18.9 Å². The second-order valence-electron chi connectivity index (χ2n) is 7.23. The summed E-state index contributed by atoms with van der Waals surface area (Å²) in [6, 6.07) is 21.2. The van der Waals surface area contributed by atoms with Crippen molar-refractivity contribution in [2.24, 2.45) is 0 Å². The van der Waals surface area contributed by atoms with Crippen molar-refractivity contribution in [3.05, 3.63) is 82.9 Å². The summed E-state index contributed by atoms with van der Waals surface area (Å²) in [5.41, 5.74) is 5.16. The van der Waals surface area contributed by atoms with Gasteiger partial charge < -0.3 is 18.9 Å². The first-order valence-corrected chi connectivity index (χ1v) is 9.92. The Kier molecular flexibility index (Phi) is 5.89. The Morgan fingerprint density at radius 1 is 0.586 bits per heavy atom. The Labute approximate surface area is 172 Å². The molecule has 1 heterocycles. The van der Waals surface area contributed by atoms with Gasteiger partial charge in [0, 0.05) is 6.07 Å². The van der Waals surface area contributed by atoms with E-state index in [9.17, 15) is 0 Å². The van der Waals surface area contributed by atoms with Crippen LogP contribution in [0.3, 0.4) is 0 Å². The average molecular weight is 390 g/mol. The van der Waals surface area contributed by atoms with Crippen molar-refractivity contribution in [3.63, 3.8) is 0 Å². The van der Waals surface area contributed by atoms with Crippen LogP contribution in [0, 0.1) is 0 Å². The summed E-state index contributed by atoms with van der Waals surface area (Å²) in [7, 11) is 3.36. The van der Waals surface area contributed by atoms with Crippen molar-refractivity contribution in [1.82, 2.24) is 0 Å². The number of hydrogen-bond acceptors (Lipinski definition) is 4. The van der Waals surface area contributed by atoms with Gasteiger partial charge in [-0.25, -0.2) is 0 Å². The van der Waals surface area contributed by atoms with Gasteiger partial charge in [-0.3, -0.25) is 0 Å². The molecule has 0 unspecified atom stereocenters. The molecule has 4 nitrogen and oxygen atoms in total. The van der Waals surface area contributed by atoms with Crippen molar-refractivity contribution < 1.29 is 18.9 Å². The molecule has 4 heteroatoms. The van der Waals surface area contributed by atoms with Crippen LogP contribution in [0.1, 0.15) is 22.3 Å². The van der Waals surface area contributed by atoms with Crippen LogP contribution >= 0.6 is 0 Å². The van der Waals surface area contributed by atoms with Crippen LogP contribution in [0.4, 0.5) is 0 Å². The molecule has 0 spiro atoms. The fourth-order valence-corrected chi connectivity index (χ4v) is 3.56. The van der Waals surface area contributed by atoms with Gasteiger partial charge in [0.2, 0.25) is 6.79 Å². The molecule has 3 aromatic rings. The molecule has 4 rings (SSSR count). The summed E-state index contributed by atoms with van der Waals surface area (Å²) in [5.74, 6) is 3.36. The minimum Gasteiger partial charge on any atom is -0.497 e. The zero-order chi connectivity index (χ0) is 20.1. The van der Waals surface area contributed by atoms with Crippen LogP contribution in [0.2, 0.25) is 0 Å². The average Bonchev–Trinajstić information content (AvgIpc) is 3.24. The summed E-state index contributed by atoms with van der Waals surface area (Å²) in [5, 5.41) is 0. The lowest BCUT2D eigenvalue weighted by Crippen LogP contribution is -1.96. The van der Waals surface area contributed by atoms with Gasteiger partial charge in [-0.2, -0.15) is 0 Å². The number of ether oxygens (including phenoxy) is 4. The fraction of sp³-hybridized carbons (Fsp3) is 0.280. The maximum atomic E-state index is 5.46. The second kappa shape index (κ2) is 8.91. The van der Waals surface area contributed by atoms with E-state index in [1.54, 1.807) is 14.2 Å². The lowest BCUT2D eigenvalue weighted by atomic mass is 10.00. The van der Waals surface area contributed by atoms with Crippen molar-refractivity contribution in [3.8, 4) is 23.0 Å². The number of fused-ring (bicyclic) bond motifs is 1. The highest BCUT2D eigenvalue weighted by atomic mass is 16.7. The van der Waals surface area contributed by atoms with Crippen LogP contribution in [-0.4, -0.2) is 21.0 Å². The van der Waals surface area contributed by atoms with Crippen LogP contribution in [0.15, 0.2) is 60.7 Å². The van der Waals surface area contributed by atoms with Crippen LogP contribution in [-0.2, 0) is 25.7 Å². The van der Waals surface area contributed by atoms with E-state index in [1.165, 1.54) is 22.3 Å². The monoisotopic (exact) mass is 390 g/mol. The van der Waals surface area contributed by atoms with Gasteiger partial charge in [0.15, 0.2) is 11.5 Å². The Balaban J connectivity index is 1.32. The summed E-state index contributed by atoms with van der Waals surface area (Å²) in [6.45, 7) is 0.322. The molecule has 0 saturated carbocycles. The maximum absolute atomic E-state index is 5.46. The third-order valence-electron chi connectivity index (χ3n) is 5.28. The smallest absolute Gasteiger partial charge is 0.231 e. The Morgan fingerprint density at radius 3 is 1.72 bits per heavy atom. The van der Waals surface area contributed by atoms with Gasteiger partial charge in [0.1, 0.15) is 11.5 Å². The number of rotatable bonds is 8. The molecule has 0 fully saturated rings. The SMILES string of the molecule is COc1cc(CCc2ccc(CCc3ccc4c(c3)OCO4)cc2)cc(OC)c1. The number of benzene rings is 3. The third-order valence-corrected chi connectivity index (χ3v) is 5.28. The minimum absolute atomic E-state index is 0.322. The molecule has 0 aromatic heterocycles.